The van der Waals surface area contributed by atoms with Crippen LogP contribution in [-0.4, -0.2) is 0 Å². The lowest BCUT2D eigenvalue weighted by Gasteiger charge is -2.25. The minimum absolute atomic E-state index is 0.219. The van der Waals surface area contributed by atoms with Crippen molar-refractivity contribution in [2.45, 2.75) is 25.3 Å². The van der Waals surface area contributed by atoms with Gasteiger partial charge in [0.15, 0.2) is 0 Å². The van der Waals surface area contributed by atoms with Gasteiger partial charge in [-0.3, -0.25) is 0 Å². The van der Waals surface area contributed by atoms with Crippen molar-refractivity contribution in [1.82, 2.24) is 0 Å². The van der Waals surface area contributed by atoms with E-state index in [4.69, 9.17) is 5.73 Å². The lowest BCUT2D eigenvalue weighted by molar-refractivity contribution is 0.428. The second-order valence-corrected chi connectivity index (χ2v) is 5.51. The van der Waals surface area contributed by atoms with Crippen molar-refractivity contribution in [2.75, 3.05) is 0 Å². The van der Waals surface area contributed by atoms with Gasteiger partial charge in [0.05, 0.1) is 0 Å². The predicted octanol–water partition coefficient (Wildman–Crippen LogP) is 3.69. The first-order valence-corrected chi connectivity index (χ1v) is 6.54. The fourth-order valence-corrected chi connectivity index (χ4v) is 2.61. The summed E-state index contributed by atoms with van der Waals surface area (Å²) < 4.78 is 13.7. The van der Waals surface area contributed by atoms with E-state index in [1.165, 1.54) is 10.9 Å². The number of halogens is 1. The molecular weight excluding hydrogens is 233 g/mol. The van der Waals surface area contributed by atoms with Gasteiger partial charge in [-0.15, -0.1) is 11.3 Å². The topological polar surface area (TPSA) is 26.0 Å². The van der Waals surface area contributed by atoms with Crippen molar-refractivity contribution < 1.29 is 4.39 Å². The third-order valence-corrected chi connectivity index (χ3v) is 3.90. The van der Waals surface area contributed by atoms with Crippen LogP contribution in [0, 0.1) is 5.82 Å². The summed E-state index contributed by atoms with van der Waals surface area (Å²) in [6, 6.07) is 10.9. The van der Waals surface area contributed by atoms with E-state index in [1.807, 2.05) is 24.4 Å². The molecule has 90 valence electrons. The van der Waals surface area contributed by atoms with Crippen LogP contribution in [0.5, 0.6) is 0 Å². The van der Waals surface area contributed by atoms with Gasteiger partial charge in [-0.2, -0.15) is 0 Å². The molecule has 1 nitrogen and oxygen atoms in total. The molecule has 0 aliphatic carbocycles. The highest BCUT2D eigenvalue weighted by atomic mass is 32.1. The third kappa shape index (κ3) is 2.93. The molecule has 3 heteroatoms. The molecule has 0 aliphatic rings. The highest BCUT2D eigenvalue weighted by molar-refractivity contribution is 7.09. The Balaban J connectivity index is 2.11. The van der Waals surface area contributed by atoms with E-state index >= 15 is 0 Å². The molecule has 0 saturated heterocycles. The quantitative estimate of drug-likeness (QED) is 0.878. The van der Waals surface area contributed by atoms with Crippen LogP contribution in [0.2, 0.25) is 0 Å². The molecule has 0 spiro atoms. The van der Waals surface area contributed by atoms with Crippen LogP contribution in [0.15, 0.2) is 41.8 Å². The average Bonchev–Trinajstić information content (AvgIpc) is 2.80. The minimum Gasteiger partial charge on any atom is -0.322 e. The van der Waals surface area contributed by atoms with Crippen LogP contribution in [-0.2, 0) is 12.0 Å². The van der Waals surface area contributed by atoms with Crippen molar-refractivity contribution in [3.63, 3.8) is 0 Å². The monoisotopic (exact) mass is 249 g/mol. The lowest BCUT2D eigenvalue weighted by Crippen LogP contribution is -2.34. The van der Waals surface area contributed by atoms with Gasteiger partial charge in [0, 0.05) is 16.0 Å². The Morgan fingerprint density at radius 1 is 1.24 bits per heavy atom. The Labute approximate surface area is 105 Å². The van der Waals surface area contributed by atoms with Crippen LogP contribution in [0.4, 0.5) is 4.39 Å². The molecule has 0 fully saturated rings. The number of hydrogen-bond donors (Lipinski definition) is 1. The molecule has 0 bridgehead atoms. The van der Waals surface area contributed by atoms with Crippen molar-refractivity contribution >= 4 is 11.3 Å². The van der Waals surface area contributed by atoms with Gasteiger partial charge in [-0.05, 0) is 37.3 Å². The number of rotatable bonds is 4. The summed E-state index contributed by atoms with van der Waals surface area (Å²) in [5.74, 6) is -0.219. The molecule has 2 N–H and O–H groups in total. The van der Waals surface area contributed by atoms with Gasteiger partial charge in [0.25, 0.3) is 0 Å². The molecule has 1 aromatic carbocycles. The van der Waals surface area contributed by atoms with Crippen LogP contribution in [0.1, 0.15) is 23.8 Å². The predicted molar refractivity (Wildman–Crippen MR) is 70.6 cm³/mol. The number of thiophene rings is 1. The van der Waals surface area contributed by atoms with E-state index in [0.717, 1.165) is 12.8 Å². The van der Waals surface area contributed by atoms with E-state index in [-0.39, 0.29) is 5.82 Å². The van der Waals surface area contributed by atoms with Gasteiger partial charge in [0.1, 0.15) is 5.82 Å². The first-order valence-electron chi connectivity index (χ1n) is 5.66. The number of nitrogens with two attached hydrogens (primary N) is 1. The Bertz CT molecular complexity index is 477. The smallest absolute Gasteiger partial charge is 0.128 e. The van der Waals surface area contributed by atoms with E-state index in [2.05, 4.69) is 6.07 Å². The number of benzene rings is 1. The molecule has 0 aliphatic heterocycles. The summed E-state index contributed by atoms with van der Waals surface area (Å²) in [7, 11) is 0. The summed E-state index contributed by atoms with van der Waals surface area (Å²) in [4.78, 5) is 1.29. The van der Waals surface area contributed by atoms with Gasteiger partial charge in [-0.25, -0.2) is 4.39 Å². The molecule has 0 radical (unpaired) electrons. The number of hydrogen-bond acceptors (Lipinski definition) is 2. The van der Waals surface area contributed by atoms with Gasteiger partial charge >= 0.3 is 0 Å². The highest BCUT2D eigenvalue weighted by Crippen LogP contribution is 2.26. The molecule has 0 amide bonds. The maximum Gasteiger partial charge on any atom is 0.128 e. The lowest BCUT2D eigenvalue weighted by atomic mass is 9.88. The van der Waals surface area contributed by atoms with Crippen LogP contribution in [0.3, 0.4) is 0 Å². The summed E-state index contributed by atoms with van der Waals surface area (Å²) in [5.41, 5.74) is 6.20. The summed E-state index contributed by atoms with van der Waals surface area (Å²) >= 11 is 1.71. The zero-order valence-electron chi connectivity index (χ0n) is 9.82. The van der Waals surface area contributed by atoms with Crippen LogP contribution < -0.4 is 5.73 Å². The minimum atomic E-state index is -0.616. The Morgan fingerprint density at radius 3 is 2.65 bits per heavy atom. The Hall–Kier alpha value is -1.19. The van der Waals surface area contributed by atoms with E-state index in [0.29, 0.717) is 5.56 Å². The zero-order valence-corrected chi connectivity index (χ0v) is 10.6. The second kappa shape index (κ2) is 4.98. The van der Waals surface area contributed by atoms with Crippen molar-refractivity contribution in [1.29, 1.82) is 0 Å². The van der Waals surface area contributed by atoms with Crippen molar-refractivity contribution in [2.24, 2.45) is 5.73 Å². The van der Waals surface area contributed by atoms with Crippen LogP contribution >= 0.6 is 11.3 Å². The zero-order chi connectivity index (χ0) is 12.3. The number of aryl methyl sites for hydroxylation is 1. The van der Waals surface area contributed by atoms with Crippen molar-refractivity contribution in [3.8, 4) is 0 Å². The fourth-order valence-electron chi connectivity index (χ4n) is 1.90. The molecule has 2 rings (SSSR count). The van der Waals surface area contributed by atoms with Gasteiger partial charge < -0.3 is 5.73 Å². The first-order chi connectivity index (χ1) is 8.09. The third-order valence-electron chi connectivity index (χ3n) is 2.96. The van der Waals surface area contributed by atoms with E-state index < -0.39 is 5.54 Å². The molecular formula is C14H16FNS. The standard InChI is InChI=1S/C14H16FNS/c1-14(16,9-8-11-5-4-10-17-11)12-6-2-3-7-13(12)15/h2-7,10H,8-9,16H2,1H3. The van der Waals surface area contributed by atoms with Gasteiger partial charge in [0.2, 0.25) is 0 Å². The summed E-state index contributed by atoms with van der Waals surface area (Å²) in [6.45, 7) is 1.89. The maximum atomic E-state index is 13.7. The van der Waals surface area contributed by atoms with Crippen molar-refractivity contribution in [3.05, 3.63) is 58.0 Å². The van der Waals surface area contributed by atoms with Gasteiger partial charge in [-0.1, -0.05) is 24.3 Å². The Kier molecular flexibility index (Phi) is 3.60. The second-order valence-electron chi connectivity index (χ2n) is 4.48. The first kappa shape index (κ1) is 12.3. The molecule has 0 saturated carbocycles. The molecule has 1 heterocycles. The SMILES string of the molecule is CC(N)(CCc1cccs1)c1ccccc1F. The van der Waals surface area contributed by atoms with E-state index in [9.17, 15) is 4.39 Å². The normalized spacial score (nSPS) is 14.5. The maximum absolute atomic E-state index is 13.7. The summed E-state index contributed by atoms with van der Waals surface area (Å²) in [5, 5.41) is 2.05. The molecule has 2 aromatic rings. The molecule has 17 heavy (non-hydrogen) atoms. The van der Waals surface area contributed by atoms with E-state index in [1.54, 1.807) is 23.5 Å². The molecule has 1 unspecified atom stereocenters. The highest BCUT2D eigenvalue weighted by Gasteiger charge is 2.24. The average molecular weight is 249 g/mol. The largest absolute Gasteiger partial charge is 0.322 e. The molecule has 1 aromatic heterocycles. The Morgan fingerprint density at radius 2 is 2.00 bits per heavy atom. The summed E-state index contributed by atoms with van der Waals surface area (Å²) in [6.07, 6.45) is 1.63. The van der Waals surface area contributed by atoms with Crippen LogP contribution in [0.25, 0.3) is 0 Å². The molecule has 1 atom stereocenters. The fraction of sp³-hybridized carbons (Fsp3) is 0.286.